The van der Waals surface area contributed by atoms with E-state index in [2.05, 4.69) is 29.5 Å². The van der Waals surface area contributed by atoms with Crippen LogP contribution in [0.1, 0.15) is 37.6 Å². The minimum atomic E-state index is 0.640. The van der Waals surface area contributed by atoms with Gasteiger partial charge in [0.05, 0.1) is 5.01 Å². The topological polar surface area (TPSA) is 24.9 Å². The van der Waals surface area contributed by atoms with E-state index in [4.69, 9.17) is 0 Å². The zero-order valence-corrected chi connectivity index (χ0v) is 8.97. The maximum atomic E-state index is 4.41. The molecule has 1 N–H and O–H groups in total. The summed E-state index contributed by atoms with van der Waals surface area (Å²) < 4.78 is 0. The Morgan fingerprint density at radius 2 is 2.54 bits per heavy atom. The Kier molecular flexibility index (Phi) is 2.65. The molecule has 0 bridgehead atoms. The number of nitrogens with one attached hydrogen (secondary N) is 1. The SMILES string of the molecule is CCC1NC(C)CC1c1nccs1. The lowest BCUT2D eigenvalue weighted by Crippen LogP contribution is -2.28. The van der Waals surface area contributed by atoms with Crippen LogP contribution in [0.2, 0.25) is 0 Å². The molecule has 2 nitrogen and oxygen atoms in total. The van der Waals surface area contributed by atoms with Crippen molar-refractivity contribution in [1.29, 1.82) is 0 Å². The maximum absolute atomic E-state index is 4.41. The Balaban J connectivity index is 2.14. The first-order valence-corrected chi connectivity index (χ1v) is 5.84. The Morgan fingerprint density at radius 3 is 3.15 bits per heavy atom. The van der Waals surface area contributed by atoms with Crippen LogP contribution < -0.4 is 5.32 Å². The van der Waals surface area contributed by atoms with Crippen LogP contribution in [-0.4, -0.2) is 17.1 Å². The van der Waals surface area contributed by atoms with Crippen LogP contribution >= 0.6 is 11.3 Å². The van der Waals surface area contributed by atoms with Crippen molar-refractivity contribution >= 4 is 11.3 Å². The summed E-state index contributed by atoms with van der Waals surface area (Å²) in [5.41, 5.74) is 0. The molecular formula is C10H16N2S. The molecule has 0 saturated carbocycles. The molecule has 72 valence electrons. The molecule has 0 aliphatic carbocycles. The van der Waals surface area contributed by atoms with E-state index in [1.807, 2.05) is 6.20 Å². The molecule has 0 spiro atoms. The van der Waals surface area contributed by atoms with Crippen molar-refractivity contribution in [2.24, 2.45) is 0 Å². The minimum Gasteiger partial charge on any atom is -0.311 e. The van der Waals surface area contributed by atoms with Crippen molar-refractivity contribution < 1.29 is 0 Å². The van der Waals surface area contributed by atoms with Crippen molar-refractivity contribution in [3.8, 4) is 0 Å². The summed E-state index contributed by atoms with van der Waals surface area (Å²) in [6.45, 7) is 4.51. The van der Waals surface area contributed by atoms with Crippen LogP contribution in [0.25, 0.3) is 0 Å². The fourth-order valence-electron chi connectivity index (χ4n) is 2.19. The predicted molar refractivity (Wildman–Crippen MR) is 56.1 cm³/mol. The summed E-state index contributed by atoms with van der Waals surface area (Å²) in [5, 5.41) is 6.99. The lowest BCUT2D eigenvalue weighted by molar-refractivity contribution is 0.516. The molecular weight excluding hydrogens is 180 g/mol. The molecule has 1 aromatic heterocycles. The molecule has 2 rings (SSSR count). The highest BCUT2D eigenvalue weighted by Crippen LogP contribution is 2.33. The zero-order chi connectivity index (χ0) is 9.26. The van der Waals surface area contributed by atoms with E-state index in [0.29, 0.717) is 18.0 Å². The number of hydrogen-bond donors (Lipinski definition) is 1. The van der Waals surface area contributed by atoms with Crippen LogP contribution in [0.4, 0.5) is 0 Å². The van der Waals surface area contributed by atoms with Gasteiger partial charge in [-0.15, -0.1) is 11.3 Å². The van der Waals surface area contributed by atoms with E-state index < -0.39 is 0 Å². The second-order valence-corrected chi connectivity index (χ2v) is 4.72. The van der Waals surface area contributed by atoms with E-state index in [1.165, 1.54) is 17.8 Å². The third-order valence-corrected chi connectivity index (χ3v) is 3.71. The molecule has 0 aromatic carbocycles. The molecule has 1 fully saturated rings. The third kappa shape index (κ3) is 1.76. The molecule has 0 amide bonds. The molecule has 3 unspecified atom stereocenters. The van der Waals surface area contributed by atoms with Crippen molar-refractivity contribution in [2.75, 3.05) is 0 Å². The third-order valence-electron chi connectivity index (χ3n) is 2.80. The molecule has 2 heterocycles. The summed E-state index contributed by atoms with van der Waals surface area (Å²) in [7, 11) is 0. The maximum Gasteiger partial charge on any atom is 0.0971 e. The molecule has 3 heteroatoms. The summed E-state index contributed by atoms with van der Waals surface area (Å²) in [6, 6.07) is 1.29. The molecule has 1 aliphatic heterocycles. The number of thiazole rings is 1. The monoisotopic (exact) mass is 196 g/mol. The number of hydrogen-bond acceptors (Lipinski definition) is 3. The van der Waals surface area contributed by atoms with E-state index >= 15 is 0 Å². The quantitative estimate of drug-likeness (QED) is 0.785. The first kappa shape index (κ1) is 9.16. The van der Waals surface area contributed by atoms with Crippen molar-refractivity contribution in [3.05, 3.63) is 16.6 Å². The molecule has 13 heavy (non-hydrogen) atoms. The average Bonchev–Trinajstić information content (AvgIpc) is 2.71. The Hall–Kier alpha value is -0.410. The smallest absolute Gasteiger partial charge is 0.0971 e. The average molecular weight is 196 g/mol. The minimum absolute atomic E-state index is 0.640. The molecule has 1 saturated heterocycles. The van der Waals surface area contributed by atoms with Gasteiger partial charge in [0, 0.05) is 29.6 Å². The van der Waals surface area contributed by atoms with Gasteiger partial charge in [-0.25, -0.2) is 4.98 Å². The Bertz CT molecular complexity index is 258. The largest absolute Gasteiger partial charge is 0.311 e. The van der Waals surface area contributed by atoms with Crippen molar-refractivity contribution in [2.45, 2.75) is 44.7 Å². The predicted octanol–water partition coefficient (Wildman–Crippen LogP) is 2.39. The fraction of sp³-hybridized carbons (Fsp3) is 0.700. The van der Waals surface area contributed by atoms with Crippen LogP contribution in [-0.2, 0) is 0 Å². The van der Waals surface area contributed by atoms with E-state index in [9.17, 15) is 0 Å². The van der Waals surface area contributed by atoms with Crippen LogP contribution in [0, 0.1) is 0 Å². The van der Waals surface area contributed by atoms with Gasteiger partial charge in [-0.1, -0.05) is 6.92 Å². The summed E-state index contributed by atoms with van der Waals surface area (Å²) in [4.78, 5) is 4.41. The molecule has 3 atom stereocenters. The summed E-state index contributed by atoms with van der Waals surface area (Å²) in [6.07, 6.45) is 4.36. The van der Waals surface area contributed by atoms with Gasteiger partial charge >= 0.3 is 0 Å². The highest BCUT2D eigenvalue weighted by Gasteiger charge is 2.32. The van der Waals surface area contributed by atoms with Gasteiger partial charge in [-0.05, 0) is 19.8 Å². The normalized spacial score (nSPS) is 33.8. The number of nitrogens with zero attached hydrogens (tertiary/aromatic N) is 1. The standard InChI is InChI=1S/C10H16N2S/c1-3-9-8(6-7(2)12-9)10-11-4-5-13-10/h4-5,7-9,12H,3,6H2,1-2H3. The summed E-state index contributed by atoms with van der Waals surface area (Å²) >= 11 is 1.79. The van der Waals surface area contributed by atoms with Crippen molar-refractivity contribution in [3.63, 3.8) is 0 Å². The van der Waals surface area contributed by atoms with E-state index in [1.54, 1.807) is 11.3 Å². The van der Waals surface area contributed by atoms with Gasteiger partial charge in [0.1, 0.15) is 0 Å². The first-order valence-electron chi connectivity index (χ1n) is 4.96. The Labute approximate surface area is 83.4 Å². The summed E-state index contributed by atoms with van der Waals surface area (Å²) in [5.74, 6) is 0.653. The Morgan fingerprint density at radius 1 is 1.69 bits per heavy atom. The highest BCUT2D eigenvalue weighted by atomic mass is 32.1. The van der Waals surface area contributed by atoms with Gasteiger partial charge in [0.25, 0.3) is 0 Å². The lowest BCUT2D eigenvalue weighted by atomic mass is 9.98. The lowest BCUT2D eigenvalue weighted by Gasteiger charge is -2.14. The number of rotatable bonds is 2. The van der Waals surface area contributed by atoms with Crippen LogP contribution in [0.15, 0.2) is 11.6 Å². The van der Waals surface area contributed by atoms with Crippen LogP contribution in [0.3, 0.4) is 0 Å². The van der Waals surface area contributed by atoms with Gasteiger partial charge in [-0.2, -0.15) is 0 Å². The van der Waals surface area contributed by atoms with Gasteiger partial charge < -0.3 is 5.32 Å². The molecule has 1 aromatic rings. The van der Waals surface area contributed by atoms with Gasteiger partial charge in [0.15, 0.2) is 0 Å². The molecule has 1 aliphatic rings. The van der Waals surface area contributed by atoms with E-state index in [0.717, 1.165) is 0 Å². The highest BCUT2D eigenvalue weighted by molar-refractivity contribution is 7.09. The van der Waals surface area contributed by atoms with Crippen molar-refractivity contribution in [1.82, 2.24) is 10.3 Å². The van der Waals surface area contributed by atoms with E-state index in [-0.39, 0.29) is 0 Å². The second-order valence-electron chi connectivity index (χ2n) is 3.79. The zero-order valence-electron chi connectivity index (χ0n) is 8.16. The van der Waals surface area contributed by atoms with Crippen LogP contribution in [0.5, 0.6) is 0 Å². The van der Waals surface area contributed by atoms with Gasteiger partial charge in [-0.3, -0.25) is 0 Å². The first-order chi connectivity index (χ1) is 6.31. The second kappa shape index (κ2) is 3.76. The molecule has 0 radical (unpaired) electrons. The number of aromatic nitrogens is 1. The fourth-order valence-corrected chi connectivity index (χ4v) is 3.01. The van der Waals surface area contributed by atoms with Gasteiger partial charge in [0.2, 0.25) is 0 Å².